The van der Waals surface area contributed by atoms with Gasteiger partial charge in [0.1, 0.15) is 5.54 Å². The third-order valence-corrected chi connectivity index (χ3v) is 4.75. The Balaban J connectivity index is 2.67. The molecule has 1 unspecified atom stereocenters. The van der Waals surface area contributed by atoms with Crippen molar-refractivity contribution in [1.29, 1.82) is 5.26 Å². The first-order valence-corrected chi connectivity index (χ1v) is 8.15. The van der Waals surface area contributed by atoms with Gasteiger partial charge in [0.2, 0.25) is 0 Å². The molecule has 0 aromatic heterocycles. The SMILES string of the molecule is C=CN1/C(=C\N)CCC1(C(=O)NCC)c1ccc(C#N)cc1Br. The van der Waals surface area contributed by atoms with Crippen LogP contribution in [-0.2, 0) is 10.3 Å². The summed E-state index contributed by atoms with van der Waals surface area (Å²) in [4.78, 5) is 14.8. The van der Waals surface area contributed by atoms with Gasteiger partial charge >= 0.3 is 0 Å². The van der Waals surface area contributed by atoms with Gasteiger partial charge in [-0.25, -0.2) is 0 Å². The first-order valence-electron chi connectivity index (χ1n) is 7.36. The van der Waals surface area contributed by atoms with E-state index in [2.05, 4.69) is 33.9 Å². The predicted octanol–water partition coefficient (Wildman–Crippen LogP) is 2.69. The Morgan fingerprint density at radius 1 is 1.65 bits per heavy atom. The van der Waals surface area contributed by atoms with E-state index in [1.54, 1.807) is 18.3 Å². The number of likely N-dealkylation sites (tertiary alicyclic amines) is 1. The average molecular weight is 375 g/mol. The van der Waals surface area contributed by atoms with E-state index in [0.717, 1.165) is 11.3 Å². The lowest BCUT2D eigenvalue weighted by Gasteiger charge is -2.37. The van der Waals surface area contributed by atoms with Crippen molar-refractivity contribution < 1.29 is 4.79 Å². The zero-order valence-corrected chi connectivity index (χ0v) is 14.6. The standard InChI is InChI=1S/C17H19BrN4O/c1-3-21-16(23)17(8-7-13(11-20)22(17)4-2)14-6-5-12(10-19)9-15(14)18/h4-6,9,11H,2-3,7-8,20H2,1H3,(H,21,23)/b13-11-. The number of carbonyl (C=O) groups excluding carboxylic acids is 1. The van der Waals surface area contributed by atoms with Crippen LogP contribution in [0.5, 0.6) is 0 Å². The molecular weight excluding hydrogens is 356 g/mol. The van der Waals surface area contributed by atoms with Crippen LogP contribution in [0.15, 0.2) is 47.3 Å². The highest BCUT2D eigenvalue weighted by molar-refractivity contribution is 9.10. The number of halogens is 1. The number of benzene rings is 1. The van der Waals surface area contributed by atoms with Gasteiger partial charge in [0.25, 0.3) is 5.91 Å². The summed E-state index contributed by atoms with van der Waals surface area (Å²) >= 11 is 3.51. The van der Waals surface area contributed by atoms with Crippen molar-refractivity contribution in [2.75, 3.05) is 6.54 Å². The summed E-state index contributed by atoms with van der Waals surface area (Å²) in [5.74, 6) is -0.109. The smallest absolute Gasteiger partial charge is 0.250 e. The summed E-state index contributed by atoms with van der Waals surface area (Å²) in [5.41, 5.74) is 6.97. The fourth-order valence-electron chi connectivity index (χ4n) is 3.07. The highest BCUT2D eigenvalue weighted by atomic mass is 79.9. The van der Waals surface area contributed by atoms with Crippen LogP contribution in [0.1, 0.15) is 30.9 Å². The molecule has 1 fully saturated rings. The minimum atomic E-state index is -0.921. The molecule has 2 rings (SSSR count). The van der Waals surface area contributed by atoms with Crippen molar-refractivity contribution in [3.63, 3.8) is 0 Å². The van der Waals surface area contributed by atoms with Gasteiger partial charge < -0.3 is 16.0 Å². The second kappa shape index (κ2) is 6.88. The highest BCUT2D eigenvalue weighted by Gasteiger charge is 2.50. The Morgan fingerprint density at radius 2 is 2.39 bits per heavy atom. The Labute approximate surface area is 144 Å². The molecule has 6 heteroatoms. The zero-order valence-electron chi connectivity index (χ0n) is 13.0. The number of nitriles is 1. The van der Waals surface area contributed by atoms with Crippen LogP contribution in [0, 0.1) is 11.3 Å². The molecule has 0 spiro atoms. The van der Waals surface area contributed by atoms with E-state index >= 15 is 0 Å². The number of likely N-dealkylation sites (N-methyl/N-ethyl adjacent to an activating group) is 1. The molecule has 1 aliphatic rings. The quantitative estimate of drug-likeness (QED) is 0.848. The number of rotatable bonds is 4. The van der Waals surface area contributed by atoms with Gasteiger partial charge in [-0.1, -0.05) is 28.6 Å². The average Bonchev–Trinajstić information content (AvgIpc) is 2.94. The van der Waals surface area contributed by atoms with E-state index in [1.165, 1.54) is 6.20 Å². The maximum absolute atomic E-state index is 13.0. The molecule has 1 saturated heterocycles. The molecule has 0 bridgehead atoms. The van der Waals surface area contributed by atoms with Crippen molar-refractivity contribution in [2.24, 2.45) is 5.73 Å². The molecular formula is C17H19BrN4O. The fourth-order valence-corrected chi connectivity index (χ4v) is 3.78. The van der Waals surface area contributed by atoms with Gasteiger partial charge in [0.15, 0.2) is 0 Å². The van der Waals surface area contributed by atoms with Gasteiger partial charge in [0.05, 0.1) is 11.6 Å². The molecule has 0 aliphatic carbocycles. The Bertz CT molecular complexity index is 707. The van der Waals surface area contributed by atoms with E-state index in [-0.39, 0.29) is 5.91 Å². The van der Waals surface area contributed by atoms with E-state index in [1.807, 2.05) is 17.9 Å². The molecule has 1 aliphatic heterocycles. The lowest BCUT2D eigenvalue weighted by Crippen LogP contribution is -2.51. The summed E-state index contributed by atoms with van der Waals surface area (Å²) in [6.07, 6.45) is 4.40. The second-order valence-electron chi connectivity index (χ2n) is 5.24. The minimum Gasteiger partial charge on any atom is -0.403 e. The summed E-state index contributed by atoms with van der Waals surface area (Å²) in [7, 11) is 0. The van der Waals surface area contributed by atoms with E-state index in [9.17, 15) is 4.79 Å². The molecule has 1 aromatic carbocycles. The van der Waals surface area contributed by atoms with Crippen LogP contribution in [0.4, 0.5) is 0 Å². The Hall–Kier alpha value is -2.26. The van der Waals surface area contributed by atoms with Crippen molar-refractivity contribution in [3.8, 4) is 6.07 Å². The van der Waals surface area contributed by atoms with E-state index < -0.39 is 5.54 Å². The third kappa shape index (κ3) is 2.73. The maximum Gasteiger partial charge on any atom is 0.250 e. The monoisotopic (exact) mass is 374 g/mol. The lowest BCUT2D eigenvalue weighted by atomic mass is 9.85. The number of carbonyl (C=O) groups is 1. The molecule has 0 saturated carbocycles. The van der Waals surface area contributed by atoms with Crippen LogP contribution in [-0.4, -0.2) is 17.4 Å². The minimum absolute atomic E-state index is 0.109. The number of nitrogens with one attached hydrogen (secondary N) is 1. The van der Waals surface area contributed by atoms with Gasteiger partial charge in [-0.05, 0) is 38.1 Å². The van der Waals surface area contributed by atoms with Gasteiger partial charge in [0, 0.05) is 28.5 Å². The van der Waals surface area contributed by atoms with Crippen LogP contribution in [0.3, 0.4) is 0 Å². The molecule has 0 radical (unpaired) electrons. The molecule has 1 heterocycles. The summed E-state index contributed by atoms with van der Waals surface area (Å²) in [6.45, 7) is 6.26. The van der Waals surface area contributed by atoms with Gasteiger partial charge in [-0.15, -0.1) is 0 Å². The third-order valence-electron chi connectivity index (χ3n) is 4.10. The maximum atomic E-state index is 13.0. The van der Waals surface area contributed by atoms with Crippen LogP contribution >= 0.6 is 15.9 Å². The van der Waals surface area contributed by atoms with E-state index in [0.29, 0.717) is 29.4 Å². The molecule has 23 heavy (non-hydrogen) atoms. The van der Waals surface area contributed by atoms with Crippen LogP contribution in [0.2, 0.25) is 0 Å². The lowest BCUT2D eigenvalue weighted by molar-refractivity contribution is -0.130. The topological polar surface area (TPSA) is 82.2 Å². The zero-order chi connectivity index (χ0) is 17.0. The highest BCUT2D eigenvalue weighted by Crippen LogP contribution is 2.46. The number of hydrogen-bond acceptors (Lipinski definition) is 4. The first kappa shape index (κ1) is 17.1. The second-order valence-corrected chi connectivity index (χ2v) is 6.09. The van der Waals surface area contributed by atoms with Crippen molar-refractivity contribution in [1.82, 2.24) is 10.2 Å². The summed E-state index contributed by atoms with van der Waals surface area (Å²) in [6, 6.07) is 7.35. The summed E-state index contributed by atoms with van der Waals surface area (Å²) in [5, 5.41) is 12.0. The van der Waals surface area contributed by atoms with Crippen molar-refractivity contribution in [2.45, 2.75) is 25.3 Å². The fraction of sp³-hybridized carbons (Fsp3) is 0.294. The molecule has 1 amide bonds. The van der Waals surface area contributed by atoms with Crippen molar-refractivity contribution in [3.05, 3.63) is 58.5 Å². The molecule has 120 valence electrons. The van der Waals surface area contributed by atoms with Gasteiger partial charge in [-0.2, -0.15) is 5.26 Å². The molecule has 1 atom stereocenters. The molecule has 3 N–H and O–H groups in total. The van der Waals surface area contributed by atoms with Crippen molar-refractivity contribution >= 4 is 21.8 Å². The first-order chi connectivity index (χ1) is 11.0. The number of nitrogens with zero attached hydrogens (tertiary/aromatic N) is 2. The van der Waals surface area contributed by atoms with E-state index in [4.69, 9.17) is 11.0 Å². The number of nitrogens with two attached hydrogens (primary N) is 1. The Kier molecular flexibility index (Phi) is 5.12. The number of hydrogen-bond donors (Lipinski definition) is 2. The van der Waals surface area contributed by atoms with Crippen LogP contribution in [0.25, 0.3) is 0 Å². The molecule has 1 aromatic rings. The van der Waals surface area contributed by atoms with Gasteiger partial charge in [-0.3, -0.25) is 4.79 Å². The van der Waals surface area contributed by atoms with Crippen LogP contribution < -0.4 is 11.1 Å². The normalized spacial score (nSPS) is 22.0. The largest absolute Gasteiger partial charge is 0.403 e. The predicted molar refractivity (Wildman–Crippen MR) is 92.8 cm³/mol. The number of allylic oxidation sites excluding steroid dienone is 1. The molecule has 5 nitrogen and oxygen atoms in total. The summed E-state index contributed by atoms with van der Waals surface area (Å²) < 4.78 is 0.716. The number of amides is 1. The Morgan fingerprint density at radius 3 is 2.91 bits per heavy atom.